The number of rotatable bonds is 4. The van der Waals surface area contributed by atoms with Gasteiger partial charge in [0.25, 0.3) is 0 Å². The Kier molecular flexibility index (Phi) is 4.91. The lowest BCUT2D eigenvalue weighted by Crippen LogP contribution is -2.34. The van der Waals surface area contributed by atoms with Crippen molar-refractivity contribution in [1.29, 1.82) is 0 Å². The topological polar surface area (TPSA) is 77.8 Å². The summed E-state index contributed by atoms with van der Waals surface area (Å²) in [4.78, 5) is 24.9. The Balaban J connectivity index is 1.59. The van der Waals surface area contributed by atoms with E-state index < -0.39 is 5.63 Å². The fourth-order valence-electron chi connectivity index (χ4n) is 4.00. The highest BCUT2D eigenvalue weighted by atomic mass is 16.5. The summed E-state index contributed by atoms with van der Waals surface area (Å²) < 4.78 is 17.1. The zero-order valence-corrected chi connectivity index (χ0v) is 16.7. The minimum Gasteiger partial charge on any atom is -0.487 e. The molecule has 0 unspecified atom stereocenters. The third-order valence-corrected chi connectivity index (χ3v) is 5.74. The predicted molar refractivity (Wildman–Crippen MR) is 106 cm³/mol. The van der Waals surface area contributed by atoms with Crippen LogP contribution in [0.1, 0.15) is 49.8 Å². The highest BCUT2D eigenvalue weighted by molar-refractivity contribution is 5.86. The molecule has 1 saturated heterocycles. The van der Waals surface area contributed by atoms with Crippen LogP contribution < -0.4 is 15.7 Å². The molecule has 1 atom stereocenters. The average Bonchev–Trinajstić information content (AvgIpc) is 3.15. The highest BCUT2D eigenvalue weighted by Crippen LogP contribution is 2.36. The molecule has 0 bridgehead atoms. The Bertz CT molecular complexity index is 969. The van der Waals surface area contributed by atoms with E-state index in [-0.39, 0.29) is 24.0 Å². The SMILES string of the molecule is Cc1c(CC(=O)NC[C@@H]2CCCO2)c(=O)oc2cc3c(cc12)CCC(C)(C)O3. The van der Waals surface area contributed by atoms with Crippen LogP contribution in [-0.4, -0.2) is 30.8 Å². The molecule has 28 heavy (non-hydrogen) atoms. The molecule has 0 radical (unpaired) electrons. The van der Waals surface area contributed by atoms with Crippen LogP contribution in [-0.2, 0) is 22.4 Å². The number of benzene rings is 1. The van der Waals surface area contributed by atoms with E-state index in [0.29, 0.717) is 17.7 Å². The molecule has 2 aromatic rings. The van der Waals surface area contributed by atoms with Crippen molar-refractivity contribution in [3.8, 4) is 5.75 Å². The van der Waals surface area contributed by atoms with Crippen molar-refractivity contribution in [2.24, 2.45) is 0 Å². The van der Waals surface area contributed by atoms with Gasteiger partial charge in [-0.05, 0) is 63.6 Å². The first-order chi connectivity index (χ1) is 13.3. The summed E-state index contributed by atoms with van der Waals surface area (Å²) in [7, 11) is 0. The molecule has 1 N–H and O–H groups in total. The van der Waals surface area contributed by atoms with Gasteiger partial charge in [-0.25, -0.2) is 4.79 Å². The Morgan fingerprint density at radius 2 is 2.14 bits per heavy atom. The normalized spacial score (nSPS) is 20.6. The van der Waals surface area contributed by atoms with E-state index in [4.69, 9.17) is 13.9 Å². The number of hydrogen-bond acceptors (Lipinski definition) is 5. The van der Waals surface area contributed by atoms with E-state index in [2.05, 4.69) is 19.2 Å². The quantitative estimate of drug-likeness (QED) is 0.819. The maximum Gasteiger partial charge on any atom is 0.340 e. The second kappa shape index (κ2) is 7.24. The smallest absolute Gasteiger partial charge is 0.340 e. The molecule has 4 rings (SSSR count). The van der Waals surface area contributed by atoms with Gasteiger partial charge >= 0.3 is 5.63 Å². The number of carbonyl (C=O) groups excluding carboxylic acids is 1. The predicted octanol–water partition coefficient (Wildman–Crippen LogP) is 3.04. The third kappa shape index (κ3) is 3.78. The fourth-order valence-corrected chi connectivity index (χ4v) is 4.00. The van der Waals surface area contributed by atoms with Gasteiger partial charge in [0, 0.05) is 24.6 Å². The molecule has 2 aliphatic heterocycles. The third-order valence-electron chi connectivity index (χ3n) is 5.74. The Hall–Kier alpha value is -2.34. The molecule has 1 fully saturated rings. The molecule has 0 aliphatic carbocycles. The summed E-state index contributed by atoms with van der Waals surface area (Å²) in [5, 5.41) is 3.73. The zero-order valence-electron chi connectivity index (χ0n) is 16.7. The number of amides is 1. The van der Waals surface area contributed by atoms with Crippen molar-refractivity contribution < 1.29 is 18.7 Å². The van der Waals surface area contributed by atoms with Crippen molar-refractivity contribution in [3.05, 3.63) is 39.2 Å². The van der Waals surface area contributed by atoms with Gasteiger partial charge in [0.2, 0.25) is 5.91 Å². The second-order valence-corrected chi connectivity index (χ2v) is 8.43. The molecule has 150 valence electrons. The average molecular weight is 385 g/mol. The van der Waals surface area contributed by atoms with Crippen LogP contribution in [0, 0.1) is 6.92 Å². The Morgan fingerprint density at radius 3 is 2.89 bits per heavy atom. The fraction of sp³-hybridized carbons (Fsp3) is 0.545. The molecule has 1 aromatic carbocycles. The molecule has 2 aliphatic rings. The highest BCUT2D eigenvalue weighted by Gasteiger charge is 2.28. The van der Waals surface area contributed by atoms with Crippen molar-refractivity contribution in [2.45, 2.75) is 64.6 Å². The van der Waals surface area contributed by atoms with Gasteiger partial charge in [-0.1, -0.05) is 0 Å². The van der Waals surface area contributed by atoms with E-state index in [1.165, 1.54) is 0 Å². The summed E-state index contributed by atoms with van der Waals surface area (Å²) in [6, 6.07) is 3.84. The molecule has 6 nitrogen and oxygen atoms in total. The second-order valence-electron chi connectivity index (χ2n) is 8.43. The molecule has 0 spiro atoms. The number of ether oxygens (including phenoxy) is 2. The monoisotopic (exact) mass is 385 g/mol. The molecule has 0 saturated carbocycles. The van der Waals surface area contributed by atoms with Crippen LogP contribution in [0.3, 0.4) is 0 Å². The lowest BCUT2D eigenvalue weighted by molar-refractivity contribution is -0.121. The number of hydrogen-bond donors (Lipinski definition) is 1. The first-order valence-electron chi connectivity index (χ1n) is 9.99. The minimum atomic E-state index is -0.465. The molecule has 1 aromatic heterocycles. The van der Waals surface area contributed by atoms with Crippen LogP contribution in [0.5, 0.6) is 5.75 Å². The summed E-state index contributed by atoms with van der Waals surface area (Å²) in [6.07, 6.45) is 3.92. The van der Waals surface area contributed by atoms with Crippen LogP contribution >= 0.6 is 0 Å². The summed E-state index contributed by atoms with van der Waals surface area (Å²) in [5.41, 5.74) is 2.13. The number of fused-ring (bicyclic) bond motifs is 2. The zero-order chi connectivity index (χ0) is 19.9. The largest absolute Gasteiger partial charge is 0.487 e. The van der Waals surface area contributed by atoms with Gasteiger partial charge in [-0.15, -0.1) is 0 Å². The van der Waals surface area contributed by atoms with Crippen LogP contribution in [0.25, 0.3) is 11.0 Å². The van der Waals surface area contributed by atoms with Gasteiger partial charge in [-0.3, -0.25) is 4.79 Å². The van der Waals surface area contributed by atoms with Gasteiger partial charge in [0.1, 0.15) is 16.9 Å². The van der Waals surface area contributed by atoms with Gasteiger partial charge < -0.3 is 19.2 Å². The minimum absolute atomic E-state index is 0.0114. The van der Waals surface area contributed by atoms with E-state index in [1.807, 2.05) is 13.0 Å². The van der Waals surface area contributed by atoms with Crippen LogP contribution in [0.15, 0.2) is 21.3 Å². The number of aryl methyl sites for hydroxylation is 2. The van der Waals surface area contributed by atoms with Crippen molar-refractivity contribution in [1.82, 2.24) is 5.32 Å². The maximum absolute atomic E-state index is 12.5. The van der Waals surface area contributed by atoms with Crippen molar-refractivity contribution in [2.75, 3.05) is 13.2 Å². The van der Waals surface area contributed by atoms with Crippen molar-refractivity contribution in [3.63, 3.8) is 0 Å². The lowest BCUT2D eigenvalue weighted by Gasteiger charge is -2.32. The van der Waals surface area contributed by atoms with Gasteiger partial charge in [0.05, 0.1) is 18.1 Å². The molecular weight excluding hydrogens is 358 g/mol. The van der Waals surface area contributed by atoms with E-state index in [9.17, 15) is 9.59 Å². The standard InChI is InChI=1S/C22H27NO5/c1-13-16-9-14-6-7-22(2,3)28-18(14)11-19(16)27-21(25)17(13)10-20(24)23-12-15-5-4-8-26-15/h9,11,15H,4-8,10,12H2,1-3H3,(H,23,24)/t15-/m0/s1. The first-order valence-corrected chi connectivity index (χ1v) is 9.99. The lowest BCUT2D eigenvalue weighted by atomic mass is 9.92. The maximum atomic E-state index is 12.5. The molecular formula is C22H27NO5. The van der Waals surface area contributed by atoms with E-state index in [1.54, 1.807) is 6.07 Å². The van der Waals surface area contributed by atoms with Gasteiger partial charge in [-0.2, -0.15) is 0 Å². The summed E-state index contributed by atoms with van der Waals surface area (Å²) in [5.74, 6) is 0.585. The number of carbonyl (C=O) groups is 1. The van der Waals surface area contributed by atoms with E-state index >= 15 is 0 Å². The molecule has 6 heteroatoms. The summed E-state index contributed by atoms with van der Waals surface area (Å²) >= 11 is 0. The Morgan fingerprint density at radius 1 is 1.32 bits per heavy atom. The molecule has 1 amide bonds. The first kappa shape index (κ1) is 19.0. The molecule has 3 heterocycles. The summed E-state index contributed by atoms with van der Waals surface area (Å²) in [6.45, 7) is 7.22. The van der Waals surface area contributed by atoms with Crippen LogP contribution in [0.4, 0.5) is 0 Å². The van der Waals surface area contributed by atoms with Gasteiger partial charge in [0.15, 0.2) is 0 Å². The van der Waals surface area contributed by atoms with E-state index in [0.717, 1.165) is 54.6 Å². The van der Waals surface area contributed by atoms with Crippen LogP contribution in [0.2, 0.25) is 0 Å². The Labute approximate surface area is 164 Å². The van der Waals surface area contributed by atoms with Crippen molar-refractivity contribution >= 4 is 16.9 Å². The number of nitrogens with one attached hydrogen (secondary N) is 1.